The third-order valence-corrected chi connectivity index (χ3v) is 4.82. The van der Waals surface area contributed by atoms with E-state index in [1.165, 1.54) is 5.56 Å². The molecule has 4 nitrogen and oxygen atoms in total. The van der Waals surface area contributed by atoms with Gasteiger partial charge in [-0.15, -0.1) is 0 Å². The zero-order valence-electron chi connectivity index (χ0n) is 13.5. The fourth-order valence-corrected chi connectivity index (χ4v) is 3.59. The van der Waals surface area contributed by atoms with Gasteiger partial charge in [-0.1, -0.05) is 36.4 Å². The number of nitrogens with zero attached hydrogens (tertiary/aromatic N) is 3. The van der Waals surface area contributed by atoms with Crippen molar-refractivity contribution in [3.8, 4) is 6.07 Å². The summed E-state index contributed by atoms with van der Waals surface area (Å²) < 4.78 is 1.96. The summed E-state index contributed by atoms with van der Waals surface area (Å²) in [5.74, 6) is 0.0632. The van der Waals surface area contributed by atoms with Crippen LogP contribution < -0.4 is 4.90 Å². The smallest absolute Gasteiger partial charge is 0.246 e. The maximum atomic E-state index is 12.9. The molecule has 118 valence electrons. The number of amides is 1. The molecule has 0 atom stereocenters. The van der Waals surface area contributed by atoms with Gasteiger partial charge in [0.15, 0.2) is 0 Å². The van der Waals surface area contributed by atoms with E-state index in [1.54, 1.807) is 0 Å². The Morgan fingerprint density at radius 2 is 1.92 bits per heavy atom. The third kappa shape index (κ3) is 2.10. The van der Waals surface area contributed by atoms with Crippen molar-refractivity contribution in [1.82, 2.24) is 4.57 Å². The Labute approximate surface area is 140 Å². The number of aromatic nitrogens is 1. The molecule has 0 saturated carbocycles. The average molecular weight is 315 g/mol. The minimum absolute atomic E-state index is 0.0632. The van der Waals surface area contributed by atoms with Gasteiger partial charge in [0.25, 0.3) is 0 Å². The molecule has 0 radical (unpaired) electrons. The highest BCUT2D eigenvalue weighted by Crippen LogP contribution is 2.29. The molecule has 24 heavy (non-hydrogen) atoms. The van der Waals surface area contributed by atoms with Gasteiger partial charge in [0.2, 0.25) is 5.91 Å². The van der Waals surface area contributed by atoms with Crippen LogP contribution in [-0.2, 0) is 17.8 Å². The minimum Gasteiger partial charge on any atom is -0.334 e. The van der Waals surface area contributed by atoms with Crippen LogP contribution in [0, 0.1) is 18.3 Å². The van der Waals surface area contributed by atoms with Gasteiger partial charge in [0.1, 0.15) is 12.6 Å². The van der Waals surface area contributed by atoms with Crippen LogP contribution in [0.5, 0.6) is 0 Å². The average Bonchev–Trinajstić information content (AvgIpc) is 3.15. The molecule has 0 unspecified atom stereocenters. The summed E-state index contributed by atoms with van der Waals surface area (Å²) >= 11 is 0. The summed E-state index contributed by atoms with van der Waals surface area (Å²) in [6.45, 7) is 2.88. The number of nitriles is 1. The van der Waals surface area contributed by atoms with E-state index in [9.17, 15) is 10.1 Å². The second kappa shape index (κ2) is 5.54. The maximum absolute atomic E-state index is 12.9. The van der Waals surface area contributed by atoms with Gasteiger partial charge >= 0.3 is 0 Å². The van der Waals surface area contributed by atoms with Crippen LogP contribution in [0.2, 0.25) is 0 Å². The van der Waals surface area contributed by atoms with Crippen LogP contribution in [0.1, 0.15) is 16.8 Å². The number of rotatable bonds is 2. The first-order valence-electron chi connectivity index (χ1n) is 8.07. The molecule has 0 bridgehead atoms. The highest BCUT2D eigenvalue weighted by atomic mass is 16.2. The lowest BCUT2D eigenvalue weighted by Gasteiger charge is -2.18. The van der Waals surface area contributed by atoms with Gasteiger partial charge in [-0.25, -0.2) is 0 Å². The number of benzene rings is 2. The lowest BCUT2D eigenvalue weighted by Crippen LogP contribution is -2.32. The number of anilines is 1. The second-order valence-electron chi connectivity index (χ2n) is 6.10. The molecule has 0 N–H and O–H groups in total. The Bertz CT molecular complexity index is 994. The number of para-hydroxylation sites is 2. The molecule has 3 aromatic rings. The normalized spacial score (nSPS) is 13.1. The van der Waals surface area contributed by atoms with Crippen LogP contribution in [0.3, 0.4) is 0 Å². The van der Waals surface area contributed by atoms with Gasteiger partial charge in [0.05, 0.1) is 11.1 Å². The summed E-state index contributed by atoms with van der Waals surface area (Å²) in [7, 11) is 0. The van der Waals surface area contributed by atoms with Crippen molar-refractivity contribution in [3.63, 3.8) is 0 Å². The van der Waals surface area contributed by atoms with Crippen molar-refractivity contribution < 1.29 is 4.79 Å². The van der Waals surface area contributed by atoms with Gasteiger partial charge in [-0.3, -0.25) is 4.79 Å². The van der Waals surface area contributed by atoms with Crippen LogP contribution in [-0.4, -0.2) is 17.0 Å². The van der Waals surface area contributed by atoms with Crippen LogP contribution in [0.15, 0.2) is 48.5 Å². The first-order valence-corrected chi connectivity index (χ1v) is 8.07. The van der Waals surface area contributed by atoms with Crippen molar-refractivity contribution in [3.05, 3.63) is 65.4 Å². The lowest BCUT2D eigenvalue weighted by molar-refractivity contribution is -0.119. The molecule has 0 saturated heterocycles. The molecular formula is C20H17N3O. The molecule has 1 amide bonds. The zero-order valence-corrected chi connectivity index (χ0v) is 13.5. The Kier molecular flexibility index (Phi) is 3.35. The molecule has 0 fully saturated rings. The topological polar surface area (TPSA) is 49.0 Å². The van der Waals surface area contributed by atoms with E-state index in [4.69, 9.17) is 0 Å². The van der Waals surface area contributed by atoms with E-state index in [0.717, 1.165) is 35.2 Å². The summed E-state index contributed by atoms with van der Waals surface area (Å²) in [6.07, 6.45) is 0.900. The number of fused-ring (bicyclic) bond motifs is 2. The van der Waals surface area contributed by atoms with E-state index >= 15 is 0 Å². The highest BCUT2D eigenvalue weighted by Gasteiger charge is 2.25. The number of hydrogen-bond donors (Lipinski definition) is 0. The molecule has 1 aliphatic heterocycles. The summed E-state index contributed by atoms with van der Waals surface area (Å²) in [5.41, 5.74) is 4.67. The fourth-order valence-electron chi connectivity index (χ4n) is 3.59. The SMILES string of the molecule is Cc1c(C#N)c2ccccc2n1CC(=O)N1CCc2ccccc21. The monoisotopic (exact) mass is 315 g/mol. The standard InChI is InChI=1S/C20H17N3O/c1-14-17(12-21)16-7-3-5-9-19(16)23(14)13-20(24)22-11-10-15-6-2-4-8-18(15)22/h2-9H,10-11,13H2,1H3. The predicted molar refractivity (Wildman–Crippen MR) is 93.9 cm³/mol. The Balaban J connectivity index is 1.72. The molecule has 0 spiro atoms. The van der Waals surface area contributed by atoms with Crippen LogP contribution >= 0.6 is 0 Å². The van der Waals surface area contributed by atoms with Gasteiger partial charge < -0.3 is 9.47 Å². The highest BCUT2D eigenvalue weighted by molar-refractivity contribution is 5.97. The predicted octanol–water partition coefficient (Wildman–Crippen LogP) is 3.41. The fraction of sp³-hybridized carbons (Fsp3) is 0.200. The molecule has 4 heteroatoms. The maximum Gasteiger partial charge on any atom is 0.246 e. The van der Waals surface area contributed by atoms with Crippen molar-refractivity contribution in [1.29, 1.82) is 5.26 Å². The first kappa shape index (κ1) is 14.5. The quantitative estimate of drug-likeness (QED) is 0.727. The van der Waals surface area contributed by atoms with E-state index in [0.29, 0.717) is 5.56 Å². The van der Waals surface area contributed by atoms with E-state index in [-0.39, 0.29) is 12.5 Å². The van der Waals surface area contributed by atoms with E-state index in [1.807, 2.05) is 58.9 Å². The summed E-state index contributed by atoms with van der Waals surface area (Å²) in [6, 6.07) is 18.1. The first-order chi connectivity index (χ1) is 11.7. The lowest BCUT2D eigenvalue weighted by atomic mass is 10.1. The van der Waals surface area contributed by atoms with E-state index < -0.39 is 0 Å². The number of carbonyl (C=O) groups excluding carboxylic acids is 1. The molecule has 2 heterocycles. The zero-order chi connectivity index (χ0) is 16.7. The molecule has 1 aliphatic rings. The Morgan fingerprint density at radius 1 is 1.17 bits per heavy atom. The minimum atomic E-state index is 0.0632. The Morgan fingerprint density at radius 3 is 2.75 bits per heavy atom. The molecule has 4 rings (SSSR count). The Hall–Kier alpha value is -3.06. The van der Waals surface area contributed by atoms with E-state index in [2.05, 4.69) is 12.1 Å². The number of hydrogen-bond acceptors (Lipinski definition) is 2. The van der Waals surface area contributed by atoms with Crippen molar-refractivity contribution in [2.75, 3.05) is 11.4 Å². The summed E-state index contributed by atoms with van der Waals surface area (Å²) in [4.78, 5) is 14.7. The molecule has 2 aromatic carbocycles. The van der Waals surface area contributed by atoms with Gasteiger partial charge in [-0.2, -0.15) is 5.26 Å². The second-order valence-corrected chi connectivity index (χ2v) is 6.10. The molecule has 1 aromatic heterocycles. The van der Waals surface area contributed by atoms with Crippen molar-refractivity contribution >= 4 is 22.5 Å². The van der Waals surface area contributed by atoms with Crippen molar-refractivity contribution in [2.24, 2.45) is 0 Å². The van der Waals surface area contributed by atoms with Crippen LogP contribution in [0.4, 0.5) is 5.69 Å². The van der Waals surface area contributed by atoms with Crippen molar-refractivity contribution in [2.45, 2.75) is 19.9 Å². The summed E-state index contributed by atoms with van der Waals surface area (Å²) in [5, 5.41) is 10.4. The molecule has 0 aliphatic carbocycles. The largest absolute Gasteiger partial charge is 0.334 e. The molecular weight excluding hydrogens is 298 g/mol. The van der Waals surface area contributed by atoms with Gasteiger partial charge in [-0.05, 0) is 31.0 Å². The number of carbonyl (C=O) groups is 1. The van der Waals surface area contributed by atoms with Crippen LogP contribution in [0.25, 0.3) is 10.9 Å². The third-order valence-electron chi connectivity index (χ3n) is 4.82. The van der Waals surface area contributed by atoms with Gasteiger partial charge in [0, 0.05) is 23.3 Å².